The number of aromatic amines is 1. The Bertz CT molecular complexity index is 1040. The van der Waals surface area contributed by atoms with Crippen molar-refractivity contribution in [3.8, 4) is 0 Å². The molecule has 0 radical (unpaired) electrons. The standard InChI is InChI=1S/C20H21N5O2/c1-13-5-7-15-18(26)16(12-22-19(15)23-13)20(27)24-17-8-6-14(11-21-17)25-9-3-2-4-10-25/h5-8,11-12H,2-4,9-10H2,1H3,(H,21,24,27)(H,22,23,26). The monoisotopic (exact) mass is 363 g/mol. The molecule has 2 N–H and O–H groups in total. The number of H-pyrrole nitrogens is 1. The van der Waals surface area contributed by atoms with Crippen LogP contribution >= 0.6 is 0 Å². The maximum absolute atomic E-state index is 12.6. The summed E-state index contributed by atoms with van der Waals surface area (Å²) in [4.78, 5) is 38.9. The van der Waals surface area contributed by atoms with Gasteiger partial charge in [0.15, 0.2) is 0 Å². The number of hydrogen-bond acceptors (Lipinski definition) is 5. The van der Waals surface area contributed by atoms with E-state index in [2.05, 4.69) is 25.2 Å². The Balaban J connectivity index is 1.53. The third kappa shape index (κ3) is 3.53. The molecule has 7 heteroatoms. The summed E-state index contributed by atoms with van der Waals surface area (Å²) < 4.78 is 0. The minimum absolute atomic E-state index is 0.0371. The number of fused-ring (bicyclic) bond motifs is 1. The van der Waals surface area contributed by atoms with Gasteiger partial charge in [-0.1, -0.05) is 0 Å². The van der Waals surface area contributed by atoms with Gasteiger partial charge in [0.2, 0.25) is 5.43 Å². The van der Waals surface area contributed by atoms with Crippen molar-refractivity contribution in [2.75, 3.05) is 23.3 Å². The van der Waals surface area contributed by atoms with Gasteiger partial charge in [-0.05, 0) is 50.5 Å². The molecule has 0 aliphatic carbocycles. The second-order valence-electron chi connectivity index (χ2n) is 6.78. The van der Waals surface area contributed by atoms with Gasteiger partial charge >= 0.3 is 0 Å². The largest absolute Gasteiger partial charge is 0.370 e. The summed E-state index contributed by atoms with van der Waals surface area (Å²) in [5, 5.41) is 3.09. The van der Waals surface area contributed by atoms with Gasteiger partial charge in [-0.2, -0.15) is 0 Å². The Morgan fingerprint density at radius 1 is 1.15 bits per heavy atom. The van der Waals surface area contributed by atoms with Gasteiger partial charge in [0.1, 0.15) is 17.0 Å². The average Bonchev–Trinajstić information content (AvgIpc) is 2.69. The van der Waals surface area contributed by atoms with Crippen molar-refractivity contribution in [2.24, 2.45) is 0 Å². The van der Waals surface area contributed by atoms with Crippen molar-refractivity contribution >= 4 is 28.4 Å². The maximum Gasteiger partial charge on any atom is 0.262 e. The highest BCUT2D eigenvalue weighted by atomic mass is 16.2. The molecule has 1 aliphatic rings. The predicted molar refractivity (Wildman–Crippen MR) is 105 cm³/mol. The van der Waals surface area contributed by atoms with E-state index in [1.165, 1.54) is 25.5 Å². The van der Waals surface area contributed by atoms with Crippen LogP contribution in [0.4, 0.5) is 11.5 Å². The molecule has 4 rings (SSSR count). The lowest BCUT2D eigenvalue weighted by molar-refractivity contribution is 0.102. The van der Waals surface area contributed by atoms with E-state index in [1.807, 2.05) is 13.0 Å². The summed E-state index contributed by atoms with van der Waals surface area (Å²) in [6.07, 6.45) is 6.81. The van der Waals surface area contributed by atoms with Crippen LogP contribution < -0.4 is 15.6 Å². The highest BCUT2D eigenvalue weighted by Crippen LogP contribution is 2.20. The number of carbonyl (C=O) groups is 1. The fraction of sp³-hybridized carbons (Fsp3) is 0.300. The smallest absolute Gasteiger partial charge is 0.262 e. The van der Waals surface area contributed by atoms with Crippen molar-refractivity contribution in [3.63, 3.8) is 0 Å². The maximum atomic E-state index is 12.6. The van der Waals surface area contributed by atoms with E-state index >= 15 is 0 Å². The quantitative estimate of drug-likeness (QED) is 0.747. The molecule has 0 aromatic carbocycles. The summed E-state index contributed by atoms with van der Waals surface area (Å²) in [5.41, 5.74) is 2.01. The Hall–Kier alpha value is -3.22. The van der Waals surface area contributed by atoms with Crippen molar-refractivity contribution < 1.29 is 4.79 Å². The topological polar surface area (TPSA) is 91.0 Å². The van der Waals surface area contributed by atoms with Gasteiger partial charge in [0.25, 0.3) is 5.91 Å². The van der Waals surface area contributed by atoms with Crippen molar-refractivity contribution in [1.82, 2.24) is 15.0 Å². The summed E-state index contributed by atoms with van der Waals surface area (Å²) in [6, 6.07) is 7.15. The Labute approximate surface area is 156 Å². The van der Waals surface area contributed by atoms with Gasteiger partial charge in [-0.15, -0.1) is 0 Å². The van der Waals surface area contributed by atoms with Crippen molar-refractivity contribution in [2.45, 2.75) is 26.2 Å². The fourth-order valence-electron chi connectivity index (χ4n) is 3.35. The number of hydrogen-bond donors (Lipinski definition) is 2. The van der Waals surface area contributed by atoms with Crippen LogP contribution in [0.15, 0.2) is 41.5 Å². The molecule has 7 nitrogen and oxygen atoms in total. The summed E-state index contributed by atoms with van der Waals surface area (Å²) in [5.74, 6) is -0.0702. The lowest BCUT2D eigenvalue weighted by atomic mass is 10.1. The van der Waals surface area contributed by atoms with E-state index in [4.69, 9.17) is 0 Å². The number of pyridine rings is 3. The Morgan fingerprint density at radius 2 is 1.96 bits per heavy atom. The molecule has 27 heavy (non-hydrogen) atoms. The lowest BCUT2D eigenvalue weighted by Crippen LogP contribution is -2.29. The molecule has 0 unspecified atom stereocenters. The molecule has 3 aromatic heterocycles. The molecule has 1 aliphatic heterocycles. The zero-order valence-corrected chi connectivity index (χ0v) is 15.2. The second kappa shape index (κ2) is 7.19. The van der Waals surface area contributed by atoms with Crippen LogP contribution in [0, 0.1) is 6.92 Å². The second-order valence-corrected chi connectivity index (χ2v) is 6.78. The Morgan fingerprint density at radius 3 is 2.70 bits per heavy atom. The van der Waals surface area contributed by atoms with Crippen LogP contribution in [0.3, 0.4) is 0 Å². The number of aryl methyl sites for hydroxylation is 1. The van der Waals surface area contributed by atoms with Crippen LogP contribution in [0.1, 0.15) is 35.3 Å². The van der Waals surface area contributed by atoms with E-state index in [9.17, 15) is 9.59 Å². The van der Waals surface area contributed by atoms with Gasteiger partial charge < -0.3 is 15.2 Å². The van der Waals surface area contributed by atoms with Crippen molar-refractivity contribution in [3.05, 3.63) is 58.1 Å². The van der Waals surface area contributed by atoms with E-state index in [0.29, 0.717) is 16.9 Å². The van der Waals surface area contributed by atoms with Gasteiger partial charge in [0.05, 0.1) is 17.3 Å². The lowest BCUT2D eigenvalue weighted by Gasteiger charge is -2.28. The molecular weight excluding hydrogens is 342 g/mol. The van der Waals surface area contributed by atoms with Gasteiger partial charge in [0, 0.05) is 25.0 Å². The van der Waals surface area contributed by atoms with Crippen molar-refractivity contribution in [1.29, 1.82) is 0 Å². The first-order valence-electron chi connectivity index (χ1n) is 9.13. The fourth-order valence-corrected chi connectivity index (χ4v) is 3.35. The number of piperidine rings is 1. The van der Waals surface area contributed by atoms with E-state index in [-0.39, 0.29) is 11.0 Å². The zero-order chi connectivity index (χ0) is 18.8. The van der Waals surface area contributed by atoms with E-state index in [0.717, 1.165) is 24.5 Å². The highest BCUT2D eigenvalue weighted by molar-refractivity contribution is 6.05. The number of amides is 1. The molecule has 0 saturated carbocycles. The third-order valence-corrected chi connectivity index (χ3v) is 4.83. The zero-order valence-electron chi connectivity index (χ0n) is 15.2. The number of nitrogens with one attached hydrogen (secondary N) is 2. The number of carbonyl (C=O) groups excluding carboxylic acids is 1. The van der Waals surface area contributed by atoms with E-state index in [1.54, 1.807) is 24.4 Å². The van der Waals surface area contributed by atoms with Gasteiger partial charge in [-0.3, -0.25) is 9.59 Å². The molecule has 1 amide bonds. The first kappa shape index (κ1) is 17.2. The number of nitrogens with zero attached hydrogens (tertiary/aromatic N) is 3. The number of aromatic nitrogens is 3. The van der Waals surface area contributed by atoms with Crippen LogP contribution in [0.25, 0.3) is 11.0 Å². The molecule has 1 fully saturated rings. The van der Waals surface area contributed by atoms with Gasteiger partial charge in [-0.25, -0.2) is 9.97 Å². The molecule has 138 valence electrons. The number of rotatable bonds is 3. The molecule has 1 saturated heterocycles. The SMILES string of the molecule is Cc1ccc2c(=O)c(C(=O)Nc3ccc(N4CCCCC4)cn3)c[nH]c2n1. The molecule has 0 atom stereocenters. The van der Waals surface area contributed by atoms with Crippen LogP contribution in [0.5, 0.6) is 0 Å². The van der Waals surface area contributed by atoms with E-state index < -0.39 is 5.91 Å². The molecule has 3 aromatic rings. The molecular formula is C20H21N5O2. The Kier molecular flexibility index (Phi) is 4.58. The molecule has 0 spiro atoms. The van der Waals surface area contributed by atoms with Crippen LogP contribution in [0.2, 0.25) is 0 Å². The summed E-state index contributed by atoms with van der Waals surface area (Å²) in [6.45, 7) is 3.92. The highest BCUT2D eigenvalue weighted by Gasteiger charge is 2.15. The first-order chi connectivity index (χ1) is 13.1. The average molecular weight is 363 g/mol. The minimum Gasteiger partial charge on any atom is -0.370 e. The molecule has 4 heterocycles. The molecule has 0 bridgehead atoms. The third-order valence-electron chi connectivity index (χ3n) is 4.83. The predicted octanol–water partition coefficient (Wildman–Crippen LogP) is 2.87. The number of anilines is 2. The minimum atomic E-state index is -0.489. The summed E-state index contributed by atoms with van der Waals surface area (Å²) >= 11 is 0. The normalized spacial score (nSPS) is 14.3. The summed E-state index contributed by atoms with van der Waals surface area (Å²) in [7, 11) is 0. The van der Waals surface area contributed by atoms with Crippen LogP contribution in [-0.2, 0) is 0 Å². The first-order valence-corrected chi connectivity index (χ1v) is 9.13. The van der Waals surface area contributed by atoms with Crippen LogP contribution in [-0.4, -0.2) is 33.9 Å².